The van der Waals surface area contributed by atoms with Crippen LogP contribution in [-0.4, -0.2) is 45.7 Å². The summed E-state index contributed by atoms with van der Waals surface area (Å²) < 4.78 is 5.82. The number of urea groups is 1. The fourth-order valence-corrected chi connectivity index (χ4v) is 3.70. The van der Waals surface area contributed by atoms with Crippen molar-refractivity contribution < 1.29 is 14.0 Å². The fourth-order valence-electron chi connectivity index (χ4n) is 3.70. The molecular weight excluding hydrogens is 322 g/mol. The van der Waals surface area contributed by atoms with Crippen LogP contribution in [0.25, 0.3) is 0 Å². The van der Waals surface area contributed by atoms with E-state index in [1.54, 1.807) is 6.92 Å². The zero-order valence-electron chi connectivity index (χ0n) is 15.3. The number of piperidine rings is 1. The molecule has 2 fully saturated rings. The summed E-state index contributed by atoms with van der Waals surface area (Å²) in [6.45, 7) is 9.69. The summed E-state index contributed by atoms with van der Waals surface area (Å²) >= 11 is 0. The van der Waals surface area contributed by atoms with Crippen molar-refractivity contribution in [1.29, 1.82) is 0 Å². The number of rotatable bonds is 5. The Bertz CT molecular complexity index is 658. The molecule has 2 saturated heterocycles. The molecule has 25 heavy (non-hydrogen) atoms. The first-order valence-corrected chi connectivity index (χ1v) is 8.99. The van der Waals surface area contributed by atoms with E-state index in [1.807, 2.05) is 6.92 Å². The van der Waals surface area contributed by atoms with Gasteiger partial charge in [0.25, 0.3) is 5.91 Å². The molecule has 2 N–H and O–H groups in total. The van der Waals surface area contributed by atoms with E-state index < -0.39 is 11.6 Å². The van der Waals surface area contributed by atoms with E-state index >= 15 is 0 Å². The quantitative estimate of drug-likeness (QED) is 0.784. The molecule has 0 spiro atoms. The maximum Gasteiger partial charge on any atom is 0.322 e. The van der Waals surface area contributed by atoms with Crippen LogP contribution in [0.4, 0.5) is 4.79 Å². The molecule has 2 aliphatic rings. The van der Waals surface area contributed by atoms with Crippen LogP contribution in [0.15, 0.2) is 4.42 Å². The van der Waals surface area contributed by atoms with Gasteiger partial charge in [0, 0.05) is 18.9 Å². The molecule has 3 rings (SSSR count). The number of nitrogens with one attached hydrogen (secondary N) is 2. The van der Waals surface area contributed by atoms with Gasteiger partial charge in [0.05, 0.1) is 6.04 Å². The monoisotopic (exact) mass is 349 g/mol. The molecule has 0 saturated carbocycles. The highest BCUT2D eigenvalue weighted by atomic mass is 16.4. The van der Waals surface area contributed by atoms with E-state index in [0.717, 1.165) is 25.8 Å². The van der Waals surface area contributed by atoms with Crippen LogP contribution in [-0.2, 0) is 11.2 Å². The number of likely N-dealkylation sites (tertiary alicyclic amines) is 1. The van der Waals surface area contributed by atoms with Gasteiger partial charge in [0.15, 0.2) is 0 Å². The number of nitrogens with zero attached hydrogens (tertiary/aromatic N) is 3. The summed E-state index contributed by atoms with van der Waals surface area (Å²) in [6, 6.07) is -0.423. The van der Waals surface area contributed by atoms with Gasteiger partial charge in [-0.15, -0.1) is 10.2 Å². The van der Waals surface area contributed by atoms with Crippen LogP contribution in [0.5, 0.6) is 0 Å². The predicted octanol–water partition coefficient (Wildman–Crippen LogP) is 1.64. The maximum absolute atomic E-state index is 12.2. The van der Waals surface area contributed by atoms with Gasteiger partial charge in [0.2, 0.25) is 11.8 Å². The van der Waals surface area contributed by atoms with Crippen molar-refractivity contribution in [2.45, 2.75) is 58.5 Å². The number of imide groups is 1. The Kier molecular flexibility index (Phi) is 4.81. The molecule has 1 aromatic rings. The molecule has 0 bridgehead atoms. The zero-order valence-corrected chi connectivity index (χ0v) is 15.3. The molecule has 2 aliphatic heterocycles. The van der Waals surface area contributed by atoms with Gasteiger partial charge in [-0.25, -0.2) is 4.79 Å². The number of hydrogen-bond acceptors (Lipinski definition) is 6. The van der Waals surface area contributed by atoms with Gasteiger partial charge in [-0.3, -0.25) is 15.0 Å². The predicted molar refractivity (Wildman–Crippen MR) is 90.6 cm³/mol. The second-order valence-corrected chi connectivity index (χ2v) is 7.75. The Labute approximate surface area is 147 Å². The Morgan fingerprint density at radius 1 is 1.32 bits per heavy atom. The molecule has 3 atom stereocenters. The molecule has 8 nitrogen and oxygen atoms in total. The van der Waals surface area contributed by atoms with Crippen LogP contribution in [0.2, 0.25) is 0 Å². The summed E-state index contributed by atoms with van der Waals surface area (Å²) in [7, 11) is 0. The van der Waals surface area contributed by atoms with Crippen LogP contribution in [0.1, 0.15) is 58.4 Å². The first kappa shape index (κ1) is 17.8. The minimum Gasteiger partial charge on any atom is -0.424 e. The minimum absolute atomic E-state index is 0.0139. The third-order valence-corrected chi connectivity index (χ3v) is 5.31. The van der Waals surface area contributed by atoms with Crippen LogP contribution in [0.3, 0.4) is 0 Å². The largest absolute Gasteiger partial charge is 0.424 e. The highest BCUT2D eigenvalue weighted by molar-refractivity contribution is 6.06. The molecule has 3 unspecified atom stereocenters. The topological polar surface area (TPSA) is 100 Å². The standard InChI is InChI=1S/C17H27N5O3/c1-10(2)8-13-20-21-14(25-13)11(3)22-7-5-6-12(9-22)17(4)15(23)18-16(24)19-17/h10-12H,5-9H2,1-4H3,(H2,18,19,23,24). The number of carbonyl (C=O) groups excluding carboxylic acids is 2. The smallest absolute Gasteiger partial charge is 0.322 e. The first-order valence-electron chi connectivity index (χ1n) is 8.99. The average Bonchev–Trinajstić information content (AvgIpc) is 3.11. The van der Waals surface area contributed by atoms with Gasteiger partial charge in [-0.05, 0) is 39.2 Å². The molecule has 138 valence electrons. The molecule has 0 radical (unpaired) electrons. The summed E-state index contributed by atoms with van der Waals surface area (Å²) in [5, 5.41) is 13.5. The van der Waals surface area contributed by atoms with Gasteiger partial charge < -0.3 is 9.73 Å². The second kappa shape index (κ2) is 6.74. The van der Waals surface area contributed by atoms with Gasteiger partial charge in [-0.2, -0.15) is 0 Å². The Hall–Kier alpha value is -1.96. The minimum atomic E-state index is -0.854. The van der Waals surface area contributed by atoms with Crippen molar-refractivity contribution in [3.8, 4) is 0 Å². The Balaban J connectivity index is 1.69. The summed E-state index contributed by atoms with van der Waals surface area (Å²) in [5.41, 5.74) is -0.854. The molecule has 3 heterocycles. The van der Waals surface area contributed by atoms with Crippen molar-refractivity contribution in [1.82, 2.24) is 25.7 Å². The van der Waals surface area contributed by atoms with E-state index in [0.29, 0.717) is 24.2 Å². The van der Waals surface area contributed by atoms with Crippen LogP contribution < -0.4 is 10.6 Å². The Morgan fingerprint density at radius 2 is 2.08 bits per heavy atom. The lowest BCUT2D eigenvalue weighted by Gasteiger charge is -2.41. The van der Waals surface area contributed by atoms with Crippen LogP contribution in [0, 0.1) is 11.8 Å². The SMILES string of the molecule is CC(C)Cc1nnc(C(C)N2CCCC(C3(C)NC(=O)NC3=O)C2)o1. The van der Waals surface area contributed by atoms with E-state index in [2.05, 4.69) is 39.6 Å². The number of hydrogen-bond donors (Lipinski definition) is 2. The lowest BCUT2D eigenvalue weighted by atomic mass is 9.79. The number of amides is 3. The summed E-state index contributed by atoms with van der Waals surface area (Å²) in [6.07, 6.45) is 2.63. The fraction of sp³-hybridized carbons (Fsp3) is 0.765. The maximum atomic E-state index is 12.2. The van der Waals surface area contributed by atoms with Gasteiger partial charge >= 0.3 is 6.03 Å². The molecule has 0 aliphatic carbocycles. The Morgan fingerprint density at radius 3 is 2.72 bits per heavy atom. The summed E-state index contributed by atoms with van der Waals surface area (Å²) in [5.74, 6) is 1.55. The van der Waals surface area contributed by atoms with E-state index in [4.69, 9.17) is 4.42 Å². The first-order chi connectivity index (χ1) is 11.8. The lowest BCUT2D eigenvalue weighted by molar-refractivity contribution is -0.126. The van der Waals surface area contributed by atoms with Crippen molar-refractivity contribution in [3.05, 3.63) is 11.8 Å². The number of carbonyl (C=O) groups is 2. The van der Waals surface area contributed by atoms with Crippen LogP contribution >= 0.6 is 0 Å². The molecular formula is C17H27N5O3. The number of aromatic nitrogens is 2. The third kappa shape index (κ3) is 3.53. The molecule has 0 aromatic carbocycles. The lowest BCUT2D eigenvalue weighted by Crippen LogP contribution is -2.56. The normalized spacial score (nSPS) is 28.9. The van der Waals surface area contributed by atoms with Crippen molar-refractivity contribution in [2.24, 2.45) is 11.8 Å². The summed E-state index contributed by atoms with van der Waals surface area (Å²) in [4.78, 5) is 26.0. The second-order valence-electron chi connectivity index (χ2n) is 7.75. The third-order valence-electron chi connectivity index (χ3n) is 5.31. The average molecular weight is 349 g/mol. The van der Waals surface area contributed by atoms with E-state index in [-0.39, 0.29) is 17.9 Å². The van der Waals surface area contributed by atoms with Crippen molar-refractivity contribution in [3.63, 3.8) is 0 Å². The molecule has 1 aromatic heterocycles. The van der Waals surface area contributed by atoms with E-state index in [1.165, 1.54) is 0 Å². The van der Waals surface area contributed by atoms with Crippen molar-refractivity contribution >= 4 is 11.9 Å². The van der Waals surface area contributed by atoms with Crippen molar-refractivity contribution in [2.75, 3.05) is 13.1 Å². The van der Waals surface area contributed by atoms with Gasteiger partial charge in [0.1, 0.15) is 5.54 Å². The van der Waals surface area contributed by atoms with Gasteiger partial charge in [-0.1, -0.05) is 13.8 Å². The highest BCUT2D eigenvalue weighted by Crippen LogP contribution is 2.33. The molecule has 8 heteroatoms. The molecule has 3 amide bonds. The van der Waals surface area contributed by atoms with E-state index in [9.17, 15) is 9.59 Å². The highest BCUT2D eigenvalue weighted by Gasteiger charge is 2.49. The zero-order chi connectivity index (χ0) is 18.2.